The van der Waals surface area contributed by atoms with Gasteiger partial charge in [0.1, 0.15) is 5.82 Å². The lowest BCUT2D eigenvalue weighted by Gasteiger charge is -2.22. The van der Waals surface area contributed by atoms with E-state index in [4.69, 9.17) is 5.73 Å². The second-order valence-corrected chi connectivity index (χ2v) is 3.56. The molecule has 3 heteroatoms. The van der Waals surface area contributed by atoms with Gasteiger partial charge in [0.2, 0.25) is 0 Å². The molecule has 2 heterocycles. The van der Waals surface area contributed by atoms with E-state index in [1.807, 2.05) is 6.07 Å². The maximum Gasteiger partial charge on any atom is 0.123 e. The summed E-state index contributed by atoms with van der Waals surface area (Å²) >= 11 is 0. The van der Waals surface area contributed by atoms with E-state index in [0.29, 0.717) is 11.7 Å². The fourth-order valence-corrected chi connectivity index (χ4v) is 1.86. The van der Waals surface area contributed by atoms with Gasteiger partial charge in [-0.3, -0.25) is 0 Å². The monoisotopic (exact) mass is 177 g/mol. The summed E-state index contributed by atoms with van der Waals surface area (Å²) in [6, 6.07) is 4.05. The SMILES string of the molecule is Nc1cc([C@@H]2CCCNC2)ccn1. The van der Waals surface area contributed by atoms with E-state index in [1.54, 1.807) is 6.20 Å². The molecule has 1 aliphatic heterocycles. The maximum absolute atomic E-state index is 5.63. The normalized spacial score (nSPS) is 22.9. The lowest BCUT2D eigenvalue weighted by molar-refractivity contribution is 0.461. The summed E-state index contributed by atoms with van der Waals surface area (Å²) in [7, 11) is 0. The van der Waals surface area contributed by atoms with Crippen LogP contribution in [0.2, 0.25) is 0 Å². The van der Waals surface area contributed by atoms with Gasteiger partial charge in [-0.15, -0.1) is 0 Å². The van der Waals surface area contributed by atoms with Gasteiger partial charge in [0.15, 0.2) is 0 Å². The highest BCUT2D eigenvalue weighted by atomic mass is 14.9. The zero-order valence-corrected chi connectivity index (χ0v) is 7.66. The first-order valence-corrected chi connectivity index (χ1v) is 4.78. The van der Waals surface area contributed by atoms with Gasteiger partial charge in [-0.2, -0.15) is 0 Å². The van der Waals surface area contributed by atoms with Crippen LogP contribution in [0.3, 0.4) is 0 Å². The van der Waals surface area contributed by atoms with Crippen LogP contribution in [-0.2, 0) is 0 Å². The molecule has 1 fully saturated rings. The van der Waals surface area contributed by atoms with Crippen molar-refractivity contribution in [1.29, 1.82) is 0 Å². The quantitative estimate of drug-likeness (QED) is 0.676. The largest absolute Gasteiger partial charge is 0.384 e. The second kappa shape index (κ2) is 3.75. The van der Waals surface area contributed by atoms with Gasteiger partial charge in [-0.1, -0.05) is 0 Å². The number of pyridine rings is 1. The van der Waals surface area contributed by atoms with Gasteiger partial charge in [-0.25, -0.2) is 4.98 Å². The Labute approximate surface area is 78.4 Å². The van der Waals surface area contributed by atoms with Gasteiger partial charge >= 0.3 is 0 Å². The lowest BCUT2D eigenvalue weighted by Crippen LogP contribution is -2.28. The molecule has 3 N–H and O–H groups in total. The molecule has 0 saturated carbocycles. The Morgan fingerprint density at radius 1 is 1.54 bits per heavy atom. The van der Waals surface area contributed by atoms with Crippen molar-refractivity contribution in [2.45, 2.75) is 18.8 Å². The molecular weight excluding hydrogens is 162 g/mol. The Balaban J connectivity index is 2.14. The number of nitrogen functional groups attached to an aromatic ring is 1. The van der Waals surface area contributed by atoms with Crippen molar-refractivity contribution >= 4 is 5.82 Å². The fraction of sp³-hybridized carbons (Fsp3) is 0.500. The van der Waals surface area contributed by atoms with Crippen LogP contribution in [0, 0.1) is 0 Å². The molecule has 0 unspecified atom stereocenters. The molecule has 1 saturated heterocycles. The summed E-state index contributed by atoms with van der Waals surface area (Å²) in [6.07, 6.45) is 4.31. The van der Waals surface area contributed by atoms with Crippen LogP contribution < -0.4 is 11.1 Å². The number of hydrogen-bond acceptors (Lipinski definition) is 3. The summed E-state index contributed by atoms with van der Waals surface area (Å²) in [5, 5.41) is 3.39. The molecule has 3 nitrogen and oxygen atoms in total. The smallest absolute Gasteiger partial charge is 0.123 e. The molecule has 0 radical (unpaired) electrons. The Morgan fingerprint density at radius 2 is 2.46 bits per heavy atom. The van der Waals surface area contributed by atoms with Crippen molar-refractivity contribution in [3.8, 4) is 0 Å². The molecule has 70 valence electrons. The summed E-state index contributed by atoms with van der Waals surface area (Å²) in [5.74, 6) is 1.25. The van der Waals surface area contributed by atoms with Crippen LogP contribution in [-0.4, -0.2) is 18.1 Å². The van der Waals surface area contributed by atoms with E-state index < -0.39 is 0 Å². The minimum absolute atomic E-state index is 0.624. The second-order valence-electron chi connectivity index (χ2n) is 3.56. The van der Waals surface area contributed by atoms with Crippen molar-refractivity contribution in [2.24, 2.45) is 0 Å². The number of nitrogens with zero attached hydrogens (tertiary/aromatic N) is 1. The van der Waals surface area contributed by atoms with Crippen molar-refractivity contribution in [1.82, 2.24) is 10.3 Å². The first-order valence-electron chi connectivity index (χ1n) is 4.78. The molecule has 0 spiro atoms. The third kappa shape index (κ3) is 1.98. The predicted molar refractivity (Wildman–Crippen MR) is 53.5 cm³/mol. The van der Waals surface area contributed by atoms with Crippen LogP contribution in [0.4, 0.5) is 5.82 Å². The van der Waals surface area contributed by atoms with Crippen molar-refractivity contribution in [3.05, 3.63) is 23.9 Å². The standard InChI is InChI=1S/C10H15N3/c11-10-6-8(3-5-13-10)9-2-1-4-12-7-9/h3,5-6,9,12H,1-2,4,7H2,(H2,11,13)/t9-/m1/s1. The Morgan fingerprint density at radius 3 is 3.15 bits per heavy atom. The Bertz CT molecular complexity index is 279. The number of piperidine rings is 1. The number of anilines is 1. The van der Waals surface area contributed by atoms with Crippen LogP contribution in [0.5, 0.6) is 0 Å². The molecule has 13 heavy (non-hydrogen) atoms. The number of hydrogen-bond donors (Lipinski definition) is 2. The molecule has 0 aliphatic carbocycles. The molecular formula is C10H15N3. The minimum atomic E-state index is 0.624. The molecule has 0 aromatic carbocycles. The van der Waals surface area contributed by atoms with E-state index >= 15 is 0 Å². The topological polar surface area (TPSA) is 50.9 Å². The van der Waals surface area contributed by atoms with E-state index in [2.05, 4.69) is 16.4 Å². The average molecular weight is 177 g/mol. The predicted octanol–water partition coefficient (Wildman–Crippen LogP) is 1.13. The number of nitrogens with two attached hydrogens (primary N) is 1. The lowest BCUT2D eigenvalue weighted by atomic mass is 9.92. The van der Waals surface area contributed by atoms with E-state index in [0.717, 1.165) is 13.1 Å². The average Bonchev–Trinajstić information content (AvgIpc) is 2.19. The first kappa shape index (κ1) is 8.51. The molecule has 1 aromatic heterocycles. The number of nitrogens with one attached hydrogen (secondary N) is 1. The summed E-state index contributed by atoms with van der Waals surface area (Å²) in [6.45, 7) is 2.22. The molecule has 1 atom stereocenters. The van der Waals surface area contributed by atoms with Gasteiger partial charge in [0.05, 0.1) is 0 Å². The maximum atomic E-state index is 5.63. The zero-order valence-electron chi connectivity index (χ0n) is 7.66. The molecule has 2 rings (SSSR count). The third-order valence-electron chi connectivity index (χ3n) is 2.57. The highest BCUT2D eigenvalue weighted by Gasteiger charge is 2.14. The highest BCUT2D eigenvalue weighted by Crippen LogP contribution is 2.23. The molecule has 1 aliphatic rings. The minimum Gasteiger partial charge on any atom is -0.384 e. The summed E-state index contributed by atoms with van der Waals surface area (Å²) in [5.41, 5.74) is 6.95. The van der Waals surface area contributed by atoms with Gasteiger partial charge in [-0.05, 0) is 43.0 Å². The van der Waals surface area contributed by atoms with E-state index in [1.165, 1.54) is 18.4 Å². The summed E-state index contributed by atoms with van der Waals surface area (Å²) < 4.78 is 0. The number of rotatable bonds is 1. The Hall–Kier alpha value is -1.09. The van der Waals surface area contributed by atoms with Crippen molar-refractivity contribution in [3.63, 3.8) is 0 Å². The van der Waals surface area contributed by atoms with Crippen molar-refractivity contribution < 1.29 is 0 Å². The van der Waals surface area contributed by atoms with Gasteiger partial charge in [0, 0.05) is 12.7 Å². The summed E-state index contributed by atoms with van der Waals surface area (Å²) in [4.78, 5) is 3.99. The van der Waals surface area contributed by atoms with Crippen molar-refractivity contribution in [2.75, 3.05) is 18.8 Å². The fourth-order valence-electron chi connectivity index (χ4n) is 1.86. The van der Waals surface area contributed by atoms with E-state index in [9.17, 15) is 0 Å². The van der Waals surface area contributed by atoms with Gasteiger partial charge in [0.25, 0.3) is 0 Å². The van der Waals surface area contributed by atoms with Crippen LogP contribution >= 0.6 is 0 Å². The van der Waals surface area contributed by atoms with E-state index in [-0.39, 0.29) is 0 Å². The van der Waals surface area contributed by atoms with Crippen LogP contribution in [0.1, 0.15) is 24.3 Å². The van der Waals surface area contributed by atoms with Gasteiger partial charge < -0.3 is 11.1 Å². The highest BCUT2D eigenvalue weighted by molar-refractivity contribution is 5.34. The molecule has 1 aromatic rings. The molecule has 0 bridgehead atoms. The zero-order chi connectivity index (χ0) is 9.10. The van der Waals surface area contributed by atoms with Crippen LogP contribution in [0.25, 0.3) is 0 Å². The first-order chi connectivity index (χ1) is 6.36. The van der Waals surface area contributed by atoms with Crippen LogP contribution in [0.15, 0.2) is 18.3 Å². The third-order valence-corrected chi connectivity index (χ3v) is 2.57. The molecule has 0 amide bonds. The number of aromatic nitrogens is 1. The Kier molecular flexibility index (Phi) is 2.45.